The van der Waals surface area contributed by atoms with E-state index in [1.165, 1.54) is 12.1 Å². The predicted octanol–water partition coefficient (Wildman–Crippen LogP) is 3.30. The molecule has 0 fully saturated rings. The summed E-state index contributed by atoms with van der Waals surface area (Å²) in [6.07, 6.45) is -2.54. The molecule has 0 saturated heterocycles. The van der Waals surface area contributed by atoms with E-state index < -0.39 is 48.9 Å². The maximum atomic E-state index is 14.4. The van der Waals surface area contributed by atoms with Gasteiger partial charge in [-0.3, -0.25) is 0 Å². The number of alkyl halides is 3. The first-order valence-corrected chi connectivity index (χ1v) is 8.48. The molecule has 0 radical (unpaired) electrons. The van der Waals surface area contributed by atoms with Crippen LogP contribution in [0.5, 0.6) is 0 Å². The van der Waals surface area contributed by atoms with Crippen LogP contribution in [0.1, 0.15) is 36.1 Å². The van der Waals surface area contributed by atoms with Crippen LogP contribution in [0, 0.1) is 5.82 Å². The number of rotatable bonds is 5. The minimum Gasteiger partial charge on any atom is -0.466 e. The van der Waals surface area contributed by atoms with Crippen LogP contribution in [-0.2, 0) is 9.53 Å². The van der Waals surface area contributed by atoms with Gasteiger partial charge >= 0.3 is 5.97 Å². The number of methoxy groups -OCH3 is 1. The zero-order valence-corrected chi connectivity index (χ0v) is 14.6. The van der Waals surface area contributed by atoms with E-state index in [0.29, 0.717) is 24.1 Å². The quantitative estimate of drug-likeness (QED) is 0.603. The van der Waals surface area contributed by atoms with Crippen LogP contribution >= 0.6 is 0 Å². The van der Waals surface area contributed by atoms with Crippen molar-refractivity contribution < 1.29 is 32.2 Å². The summed E-state index contributed by atoms with van der Waals surface area (Å²) in [4.78, 5) is 12.4. The first-order valence-electron chi connectivity index (χ1n) is 8.48. The van der Waals surface area contributed by atoms with E-state index >= 15 is 0 Å². The highest BCUT2D eigenvalue weighted by Gasteiger charge is 2.42. The number of aliphatic hydroxyl groups excluding tert-OH is 1. The van der Waals surface area contributed by atoms with Crippen molar-refractivity contribution in [3.8, 4) is 0 Å². The number of carbonyl (C=O) groups is 1. The highest BCUT2D eigenvalue weighted by Crippen LogP contribution is 2.47. The van der Waals surface area contributed by atoms with Gasteiger partial charge in [0.1, 0.15) is 19.2 Å². The minimum absolute atomic E-state index is 0.0264. The van der Waals surface area contributed by atoms with Crippen LogP contribution in [0.2, 0.25) is 0 Å². The molecule has 27 heavy (non-hydrogen) atoms. The van der Waals surface area contributed by atoms with Crippen molar-refractivity contribution in [1.29, 1.82) is 0 Å². The molecule has 4 nitrogen and oxygen atoms in total. The van der Waals surface area contributed by atoms with Crippen LogP contribution in [0.3, 0.4) is 0 Å². The molecule has 1 heterocycles. The third-order valence-electron chi connectivity index (χ3n) is 4.99. The molecule has 1 unspecified atom stereocenters. The maximum Gasteiger partial charge on any atom is 0.336 e. The second-order valence-electron chi connectivity index (χ2n) is 6.43. The van der Waals surface area contributed by atoms with Crippen molar-refractivity contribution in [3.63, 3.8) is 0 Å². The monoisotopic (exact) mass is 385 g/mol. The number of esters is 1. The smallest absolute Gasteiger partial charge is 0.336 e. The van der Waals surface area contributed by atoms with Gasteiger partial charge in [-0.1, -0.05) is 12.1 Å². The van der Waals surface area contributed by atoms with Crippen LogP contribution in [-0.4, -0.2) is 37.6 Å². The van der Waals surface area contributed by atoms with Gasteiger partial charge in [0.25, 0.3) is 0 Å². The number of aliphatic hydroxyl groups is 1. The molecule has 1 aliphatic carbocycles. The number of benzene rings is 1. The van der Waals surface area contributed by atoms with Gasteiger partial charge in [-0.25, -0.2) is 22.4 Å². The molecule has 1 aromatic rings. The second kappa shape index (κ2) is 7.72. The fourth-order valence-corrected chi connectivity index (χ4v) is 3.85. The highest BCUT2D eigenvalue weighted by atomic mass is 19.2. The third-order valence-corrected chi connectivity index (χ3v) is 4.99. The summed E-state index contributed by atoms with van der Waals surface area (Å²) in [7, 11) is 1.10. The molecule has 3 atom stereocenters. The molecule has 146 valence electrons. The summed E-state index contributed by atoms with van der Waals surface area (Å²) in [5.74, 6) is -3.00. The Balaban J connectivity index is 2.29. The zero-order chi connectivity index (χ0) is 19.7. The molecule has 0 spiro atoms. The predicted molar refractivity (Wildman–Crippen MR) is 89.4 cm³/mol. The Kier molecular flexibility index (Phi) is 5.55. The van der Waals surface area contributed by atoms with Crippen molar-refractivity contribution >= 4 is 5.97 Å². The minimum atomic E-state index is -2.26. The van der Waals surface area contributed by atoms with Crippen molar-refractivity contribution in [2.24, 2.45) is 0 Å². The SMILES string of the molecule is COC(=O)C1=C(CF)NC2=C(C(O)CC2)[C@H]1c1cccc(F)c1[C@H](F)CF. The molecular weight excluding hydrogens is 366 g/mol. The van der Waals surface area contributed by atoms with Crippen molar-refractivity contribution in [1.82, 2.24) is 5.32 Å². The largest absolute Gasteiger partial charge is 0.466 e. The Labute approximate surface area is 153 Å². The molecule has 0 saturated carbocycles. The van der Waals surface area contributed by atoms with Gasteiger partial charge in [-0.05, 0) is 30.0 Å². The van der Waals surface area contributed by atoms with E-state index in [0.717, 1.165) is 13.2 Å². The average Bonchev–Trinajstić information content (AvgIpc) is 3.05. The van der Waals surface area contributed by atoms with E-state index in [4.69, 9.17) is 4.74 Å². The Bertz CT molecular complexity index is 821. The number of hydrogen-bond donors (Lipinski definition) is 2. The summed E-state index contributed by atoms with van der Waals surface area (Å²) >= 11 is 0. The summed E-state index contributed by atoms with van der Waals surface area (Å²) < 4.78 is 60.0. The Morgan fingerprint density at radius 3 is 2.78 bits per heavy atom. The molecule has 0 bridgehead atoms. The summed E-state index contributed by atoms with van der Waals surface area (Å²) in [6.45, 7) is -2.50. The zero-order valence-electron chi connectivity index (χ0n) is 14.6. The number of ether oxygens (including phenoxy) is 1. The number of dihydropyridines is 1. The standard InChI is InChI=1S/C19H19F4NO3/c1-27-19(26)18-13(8-21)24-12-5-6-14(25)17(12)16(18)9-3-2-4-10(22)15(9)11(23)7-20/h2-4,11,14,16,24-25H,5-8H2,1H3/t11-,14?,16-/m1/s1. The Hall–Kier alpha value is -2.35. The van der Waals surface area contributed by atoms with Crippen LogP contribution in [0.4, 0.5) is 17.6 Å². The molecule has 0 aromatic heterocycles. The lowest BCUT2D eigenvalue weighted by Gasteiger charge is -2.32. The summed E-state index contributed by atoms with van der Waals surface area (Å²) in [5, 5.41) is 13.2. The van der Waals surface area contributed by atoms with Crippen LogP contribution in [0.25, 0.3) is 0 Å². The number of carbonyl (C=O) groups excluding carboxylic acids is 1. The molecule has 1 aromatic carbocycles. The first-order chi connectivity index (χ1) is 12.9. The average molecular weight is 385 g/mol. The fourth-order valence-electron chi connectivity index (χ4n) is 3.85. The Morgan fingerprint density at radius 1 is 1.41 bits per heavy atom. The molecule has 3 rings (SSSR count). The van der Waals surface area contributed by atoms with Gasteiger partial charge in [0.15, 0.2) is 6.17 Å². The summed E-state index contributed by atoms with van der Waals surface area (Å²) in [5.41, 5.74) is -0.0220. The molecule has 8 heteroatoms. The molecular formula is C19H19F4NO3. The fraction of sp³-hybridized carbons (Fsp3) is 0.421. The third kappa shape index (κ3) is 3.22. The van der Waals surface area contributed by atoms with E-state index in [-0.39, 0.29) is 16.8 Å². The number of hydrogen-bond acceptors (Lipinski definition) is 4. The lowest BCUT2D eigenvalue weighted by Crippen LogP contribution is -2.32. The van der Waals surface area contributed by atoms with Gasteiger partial charge < -0.3 is 15.2 Å². The topological polar surface area (TPSA) is 58.6 Å². The Morgan fingerprint density at radius 2 is 2.15 bits per heavy atom. The van der Waals surface area contributed by atoms with E-state index in [1.54, 1.807) is 0 Å². The normalized spacial score (nSPS) is 23.2. The first kappa shape index (κ1) is 19.4. The highest BCUT2D eigenvalue weighted by molar-refractivity contribution is 5.93. The lowest BCUT2D eigenvalue weighted by atomic mass is 9.77. The number of nitrogens with one attached hydrogen (secondary N) is 1. The molecule has 2 N–H and O–H groups in total. The summed E-state index contributed by atoms with van der Waals surface area (Å²) in [6, 6.07) is 3.64. The van der Waals surface area contributed by atoms with Crippen molar-refractivity contribution in [3.05, 3.63) is 57.7 Å². The number of allylic oxidation sites excluding steroid dienone is 2. The van der Waals surface area contributed by atoms with Crippen molar-refractivity contribution in [2.75, 3.05) is 20.5 Å². The van der Waals surface area contributed by atoms with E-state index in [2.05, 4.69) is 5.32 Å². The van der Waals surface area contributed by atoms with E-state index in [1.807, 2.05) is 0 Å². The molecule has 0 amide bonds. The molecule has 2 aliphatic rings. The van der Waals surface area contributed by atoms with Crippen molar-refractivity contribution in [2.45, 2.75) is 31.0 Å². The van der Waals surface area contributed by atoms with Gasteiger partial charge in [-0.2, -0.15) is 0 Å². The van der Waals surface area contributed by atoms with Gasteiger partial charge in [0.05, 0.1) is 24.5 Å². The lowest BCUT2D eigenvalue weighted by molar-refractivity contribution is -0.136. The molecule has 1 aliphatic heterocycles. The van der Waals surface area contributed by atoms with E-state index in [9.17, 15) is 27.5 Å². The van der Waals surface area contributed by atoms with Crippen LogP contribution in [0.15, 0.2) is 40.7 Å². The van der Waals surface area contributed by atoms with Gasteiger partial charge in [-0.15, -0.1) is 0 Å². The maximum absolute atomic E-state index is 14.4. The number of halogens is 4. The van der Waals surface area contributed by atoms with Crippen LogP contribution < -0.4 is 5.32 Å². The second-order valence-corrected chi connectivity index (χ2v) is 6.43. The van der Waals surface area contributed by atoms with Gasteiger partial charge in [0.2, 0.25) is 0 Å². The van der Waals surface area contributed by atoms with Gasteiger partial charge in [0, 0.05) is 17.2 Å².